The molecule has 114 valence electrons. The van der Waals surface area contributed by atoms with E-state index in [0.29, 0.717) is 23.4 Å². The van der Waals surface area contributed by atoms with Gasteiger partial charge in [-0.3, -0.25) is 4.79 Å². The third-order valence-corrected chi connectivity index (χ3v) is 4.12. The fourth-order valence-electron chi connectivity index (χ4n) is 3.05. The Morgan fingerprint density at radius 3 is 2.68 bits per heavy atom. The van der Waals surface area contributed by atoms with Crippen molar-refractivity contribution >= 4 is 5.91 Å². The molecule has 1 saturated heterocycles. The summed E-state index contributed by atoms with van der Waals surface area (Å²) < 4.78 is 19.3. The third-order valence-electron chi connectivity index (χ3n) is 4.12. The topological polar surface area (TPSA) is 29.5 Å². The minimum Gasteiger partial charge on any atom is -0.496 e. The van der Waals surface area contributed by atoms with Gasteiger partial charge >= 0.3 is 0 Å². The molecule has 2 aromatic carbocycles. The predicted molar refractivity (Wildman–Crippen MR) is 82.4 cm³/mol. The Morgan fingerprint density at radius 2 is 1.91 bits per heavy atom. The first-order valence-corrected chi connectivity index (χ1v) is 7.41. The zero-order valence-electron chi connectivity index (χ0n) is 12.5. The Kier molecular flexibility index (Phi) is 4.09. The molecule has 0 aromatic heterocycles. The molecule has 1 heterocycles. The summed E-state index contributed by atoms with van der Waals surface area (Å²) in [7, 11) is 1.55. The van der Waals surface area contributed by atoms with Gasteiger partial charge in [0.2, 0.25) is 0 Å². The molecule has 4 heteroatoms. The van der Waals surface area contributed by atoms with E-state index in [0.717, 1.165) is 12.8 Å². The third kappa shape index (κ3) is 2.56. The number of nitrogens with zero attached hydrogens (tertiary/aromatic N) is 1. The monoisotopic (exact) mass is 299 g/mol. The van der Waals surface area contributed by atoms with Crippen LogP contribution in [-0.4, -0.2) is 24.5 Å². The Morgan fingerprint density at radius 1 is 1.18 bits per heavy atom. The van der Waals surface area contributed by atoms with Crippen molar-refractivity contribution in [3.05, 3.63) is 65.5 Å². The average molecular weight is 299 g/mol. The van der Waals surface area contributed by atoms with E-state index in [4.69, 9.17) is 4.74 Å². The highest BCUT2D eigenvalue weighted by atomic mass is 19.1. The quantitative estimate of drug-likeness (QED) is 0.862. The Hall–Kier alpha value is -2.36. The van der Waals surface area contributed by atoms with Gasteiger partial charge < -0.3 is 9.64 Å². The van der Waals surface area contributed by atoms with Gasteiger partial charge in [0.25, 0.3) is 5.91 Å². The average Bonchev–Trinajstić information content (AvgIpc) is 3.04. The molecular weight excluding hydrogens is 281 g/mol. The highest BCUT2D eigenvalue weighted by Gasteiger charge is 2.33. The lowest BCUT2D eigenvalue weighted by molar-refractivity contribution is 0.0730. The molecule has 0 unspecified atom stereocenters. The molecule has 0 aliphatic carbocycles. The SMILES string of the molecule is COc1ccccc1C(=O)N1CCC[C@H]1c1ccccc1F. The van der Waals surface area contributed by atoms with Crippen molar-refractivity contribution in [3.63, 3.8) is 0 Å². The first-order chi connectivity index (χ1) is 10.7. The number of hydrogen-bond donors (Lipinski definition) is 0. The lowest BCUT2D eigenvalue weighted by Crippen LogP contribution is -2.31. The highest BCUT2D eigenvalue weighted by molar-refractivity contribution is 5.97. The van der Waals surface area contributed by atoms with Crippen LogP contribution in [0.25, 0.3) is 0 Å². The summed E-state index contributed by atoms with van der Waals surface area (Å²) in [5.74, 6) is 0.183. The summed E-state index contributed by atoms with van der Waals surface area (Å²) in [4.78, 5) is 14.6. The van der Waals surface area contributed by atoms with Crippen molar-refractivity contribution in [3.8, 4) is 5.75 Å². The molecule has 0 spiro atoms. The molecule has 2 aromatic rings. The summed E-state index contributed by atoms with van der Waals surface area (Å²) in [6.07, 6.45) is 1.65. The summed E-state index contributed by atoms with van der Waals surface area (Å²) in [5, 5.41) is 0. The first kappa shape index (κ1) is 14.6. The lowest BCUT2D eigenvalue weighted by atomic mass is 10.0. The smallest absolute Gasteiger partial charge is 0.258 e. The summed E-state index contributed by atoms with van der Waals surface area (Å²) in [6, 6.07) is 13.6. The van der Waals surface area contributed by atoms with Gasteiger partial charge in [-0.2, -0.15) is 0 Å². The van der Waals surface area contributed by atoms with Crippen molar-refractivity contribution in [2.24, 2.45) is 0 Å². The molecule has 1 amide bonds. The normalized spacial score (nSPS) is 17.5. The lowest BCUT2D eigenvalue weighted by Gasteiger charge is -2.26. The van der Waals surface area contributed by atoms with Crippen molar-refractivity contribution in [1.82, 2.24) is 4.90 Å². The summed E-state index contributed by atoms with van der Waals surface area (Å²) in [6.45, 7) is 0.635. The van der Waals surface area contributed by atoms with Crippen LogP contribution >= 0.6 is 0 Å². The number of methoxy groups -OCH3 is 1. The standard InChI is InChI=1S/C18H18FNO2/c1-22-17-11-5-3-8-14(17)18(21)20-12-6-10-16(20)13-7-2-4-9-15(13)19/h2-5,7-9,11,16H,6,10,12H2,1H3/t16-/m0/s1. The number of amides is 1. The molecule has 1 aliphatic heterocycles. The molecule has 0 N–H and O–H groups in total. The number of rotatable bonds is 3. The highest BCUT2D eigenvalue weighted by Crippen LogP contribution is 2.35. The molecule has 0 saturated carbocycles. The number of ether oxygens (including phenoxy) is 1. The molecular formula is C18H18FNO2. The van der Waals surface area contributed by atoms with E-state index in [1.165, 1.54) is 6.07 Å². The summed E-state index contributed by atoms with van der Waals surface area (Å²) >= 11 is 0. The summed E-state index contributed by atoms with van der Waals surface area (Å²) in [5.41, 5.74) is 1.11. The van der Waals surface area contributed by atoms with Gasteiger partial charge in [-0.1, -0.05) is 30.3 Å². The van der Waals surface area contributed by atoms with Crippen molar-refractivity contribution in [1.29, 1.82) is 0 Å². The van der Waals surface area contributed by atoms with Gasteiger partial charge in [-0.25, -0.2) is 4.39 Å². The molecule has 22 heavy (non-hydrogen) atoms. The number of hydrogen-bond acceptors (Lipinski definition) is 2. The number of carbonyl (C=O) groups excluding carboxylic acids is 1. The zero-order chi connectivity index (χ0) is 15.5. The predicted octanol–water partition coefficient (Wildman–Crippen LogP) is 3.81. The van der Waals surface area contributed by atoms with Crippen molar-refractivity contribution in [2.45, 2.75) is 18.9 Å². The fourth-order valence-corrected chi connectivity index (χ4v) is 3.05. The van der Waals surface area contributed by atoms with Crippen LogP contribution in [0.4, 0.5) is 4.39 Å². The van der Waals surface area contributed by atoms with Crippen LogP contribution in [-0.2, 0) is 0 Å². The maximum Gasteiger partial charge on any atom is 0.258 e. The molecule has 3 rings (SSSR count). The van der Waals surface area contributed by atoms with Crippen LogP contribution in [0.1, 0.15) is 34.8 Å². The van der Waals surface area contributed by atoms with Crippen LogP contribution in [0.2, 0.25) is 0 Å². The molecule has 0 bridgehead atoms. The van der Waals surface area contributed by atoms with Gasteiger partial charge in [-0.05, 0) is 31.0 Å². The maximum atomic E-state index is 14.1. The van der Waals surface area contributed by atoms with Crippen LogP contribution in [0.5, 0.6) is 5.75 Å². The number of carbonyl (C=O) groups is 1. The van der Waals surface area contributed by atoms with Crippen molar-refractivity contribution < 1.29 is 13.9 Å². The van der Waals surface area contributed by atoms with Crippen LogP contribution in [0.3, 0.4) is 0 Å². The molecule has 3 nitrogen and oxygen atoms in total. The number of halogens is 1. The Labute approximate surface area is 129 Å². The molecule has 1 fully saturated rings. The van der Waals surface area contributed by atoms with Gasteiger partial charge in [-0.15, -0.1) is 0 Å². The van der Waals surface area contributed by atoms with E-state index in [-0.39, 0.29) is 17.8 Å². The minimum atomic E-state index is -0.257. The van der Waals surface area contributed by atoms with E-state index in [9.17, 15) is 9.18 Å². The van der Waals surface area contributed by atoms with Gasteiger partial charge in [0.05, 0.1) is 18.7 Å². The van der Waals surface area contributed by atoms with Gasteiger partial charge in [0.1, 0.15) is 11.6 Å². The van der Waals surface area contributed by atoms with E-state index in [2.05, 4.69) is 0 Å². The zero-order valence-corrected chi connectivity index (χ0v) is 12.5. The number of likely N-dealkylation sites (tertiary alicyclic amines) is 1. The van der Waals surface area contributed by atoms with Crippen LogP contribution in [0.15, 0.2) is 48.5 Å². The van der Waals surface area contributed by atoms with Crippen LogP contribution < -0.4 is 4.74 Å². The van der Waals surface area contributed by atoms with E-state index in [1.54, 1.807) is 36.3 Å². The molecule has 1 atom stereocenters. The second-order valence-corrected chi connectivity index (χ2v) is 5.38. The largest absolute Gasteiger partial charge is 0.496 e. The molecule has 0 radical (unpaired) electrons. The van der Waals surface area contributed by atoms with E-state index < -0.39 is 0 Å². The minimum absolute atomic E-state index is 0.108. The van der Waals surface area contributed by atoms with Gasteiger partial charge in [0, 0.05) is 12.1 Å². The van der Waals surface area contributed by atoms with Crippen LogP contribution in [0, 0.1) is 5.82 Å². The molecule has 1 aliphatic rings. The van der Waals surface area contributed by atoms with E-state index >= 15 is 0 Å². The first-order valence-electron chi connectivity index (χ1n) is 7.41. The van der Waals surface area contributed by atoms with Crippen molar-refractivity contribution in [2.75, 3.05) is 13.7 Å². The van der Waals surface area contributed by atoms with Gasteiger partial charge in [0.15, 0.2) is 0 Å². The number of benzene rings is 2. The second kappa shape index (κ2) is 6.18. The Balaban J connectivity index is 1.93. The maximum absolute atomic E-state index is 14.1. The second-order valence-electron chi connectivity index (χ2n) is 5.38. The van der Waals surface area contributed by atoms with E-state index in [1.807, 2.05) is 18.2 Å². The number of para-hydroxylation sites is 1. The fraction of sp³-hybridized carbons (Fsp3) is 0.278. The Bertz CT molecular complexity index is 686.